The summed E-state index contributed by atoms with van der Waals surface area (Å²) in [6.07, 6.45) is 1.88. The molecule has 1 aromatic carbocycles. The highest BCUT2D eigenvalue weighted by Gasteiger charge is 2.05. The number of ether oxygens (including phenoxy) is 1. The third-order valence-corrected chi connectivity index (χ3v) is 3.80. The fourth-order valence-electron chi connectivity index (χ4n) is 1.88. The first-order chi connectivity index (χ1) is 8.78. The van der Waals surface area contributed by atoms with Crippen LogP contribution in [0, 0.1) is 0 Å². The molecule has 3 aromatic rings. The van der Waals surface area contributed by atoms with Crippen molar-refractivity contribution in [1.82, 2.24) is 4.98 Å². The zero-order chi connectivity index (χ0) is 12.5. The summed E-state index contributed by atoms with van der Waals surface area (Å²) >= 11 is 1.57. The van der Waals surface area contributed by atoms with Crippen molar-refractivity contribution in [3.63, 3.8) is 0 Å². The van der Waals surface area contributed by atoms with Crippen LogP contribution in [0.2, 0.25) is 0 Å². The fraction of sp³-hybridized carbons (Fsp3) is 0.0714. The maximum atomic E-state index is 5.92. The lowest BCUT2D eigenvalue weighted by Crippen LogP contribution is -1.85. The molecule has 2 aromatic heterocycles. The van der Waals surface area contributed by atoms with Gasteiger partial charge in [-0.1, -0.05) is 12.1 Å². The molecule has 2 N–H and O–H groups in total. The summed E-state index contributed by atoms with van der Waals surface area (Å²) < 4.78 is 5.15. The lowest BCUT2D eigenvalue weighted by Gasteiger charge is -2.04. The van der Waals surface area contributed by atoms with E-state index < -0.39 is 0 Å². The highest BCUT2D eigenvalue weighted by atomic mass is 32.1. The molecule has 3 rings (SSSR count). The average Bonchev–Trinajstić information content (AvgIpc) is 2.80. The Bertz CT molecular complexity index is 689. The van der Waals surface area contributed by atoms with Gasteiger partial charge in [-0.25, -0.2) is 4.98 Å². The van der Waals surface area contributed by atoms with Crippen molar-refractivity contribution in [2.75, 3.05) is 12.8 Å². The van der Waals surface area contributed by atoms with Gasteiger partial charge in [0.05, 0.1) is 12.8 Å². The third kappa shape index (κ3) is 1.80. The second-order valence-electron chi connectivity index (χ2n) is 4.00. The Morgan fingerprint density at radius 2 is 1.94 bits per heavy atom. The number of anilines is 1. The molecule has 0 saturated carbocycles. The van der Waals surface area contributed by atoms with Gasteiger partial charge in [0, 0.05) is 22.5 Å². The summed E-state index contributed by atoms with van der Waals surface area (Å²) in [7, 11) is 1.66. The number of nitrogens with two attached hydrogens (primary N) is 1. The van der Waals surface area contributed by atoms with E-state index in [4.69, 9.17) is 10.5 Å². The Morgan fingerprint density at radius 1 is 1.17 bits per heavy atom. The van der Waals surface area contributed by atoms with Crippen LogP contribution in [0.5, 0.6) is 5.75 Å². The first kappa shape index (κ1) is 11.0. The Hall–Kier alpha value is -2.07. The molecule has 2 heterocycles. The monoisotopic (exact) mass is 256 g/mol. The lowest BCUT2D eigenvalue weighted by atomic mass is 10.1. The second-order valence-corrected chi connectivity index (χ2v) is 4.85. The van der Waals surface area contributed by atoms with E-state index in [0.29, 0.717) is 0 Å². The van der Waals surface area contributed by atoms with Crippen LogP contribution in [0.1, 0.15) is 0 Å². The number of nitrogens with zero attached hydrogens (tertiary/aromatic N) is 1. The fourth-order valence-corrected chi connectivity index (χ4v) is 2.66. The minimum absolute atomic E-state index is 0.790. The largest absolute Gasteiger partial charge is 0.497 e. The van der Waals surface area contributed by atoms with Crippen LogP contribution in [-0.4, -0.2) is 12.1 Å². The quantitative estimate of drug-likeness (QED) is 0.762. The molecule has 3 nitrogen and oxygen atoms in total. The molecule has 0 saturated heterocycles. The summed E-state index contributed by atoms with van der Waals surface area (Å²) in [6.45, 7) is 0. The van der Waals surface area contributed by atoms with E-state index in [0.717, 1.165) is 32.8 Å². The minimum atomic E-state index is 0.790. The predicted octanol–water partition coefficient (Wildman–Crippen LogP) is 3.55. The minimum Gasteiger partial charge on any atom is -0.497 e. The van der Waals surface area contributed by atoms with Crippen LogP contribution in [0.3, 0.4) is 0 Å². The number of hydrogen-bond acceptors (Lipinski definition) is 4. The summed E-state index contributed by atoms with van der Waals surface area (Å²) in [5.74, 6) is 0.850. The van der Waals surface area contributed by atoms with E-state index in [2.05, 4.69) is 11.1 Å². The SMILES string of the molecule is COc1ccc(-c2cnc3scc(N)c3c2)cc1. The second kappa shape index (κ2) is 4.31. The number of benzene rings is 1. The number of fused-ring (bicyclic) bond motifs is 1. The van der Waals surface area contributed by atoms with Gasteiger partial charge in [0.15, 0.2) is 0 Å². The number of aromatic nitrogens is 1. The summed E-state index contributed by atoms with van der Waals surface area (Å²) in [6, 6.07) is 10.00. The number of pyridine rings is 1. The van der Waals surface area contributed by atoms with Crippen molar-refractivity contribution in [1.29, 1.82) is 0 Å². The third-order valence-electron chi connectivity index (χ3n) is 2.88. The Labute approximate surface area is 109 Å². The molecule has 0 bridgehead atoms. The van der Waals surface area contributed by atoms with Crippen molar-refractivity contribution in [3.05, 3.63) is 41.9 Å². The van der Waals surface area contributed by atoms with E-state index >= 15 is 0 Å². The molecule has 0 aliphatic heterocycles. The molecular weight excluding hydrogens is 244 g/mol. The number of nitrogen functional groups attached to an aromatic ring is 1. The summed E-state index contributed by atoms with van der Waals surface area (Å²) in [5, 5.41) is 2.95. The molecule has 0 aliphatic carbocycles. The lowest BCUT2D eigenvalue weighted by molar-refractivity contribution is 0.415. The van der Waals surface area contributed by atoms with Crippen molar-refractivity contribution in [3.8, 4) is 16.9 Å². The average molecular weight is 256 g/mol. The molecule has 0 fully saturated rings. The van der Waals surface area contributed by atoms with E-state index in [9.17, 15) is 0 Å². The van der Waals surface area contributed by atoms with Crippen LogP contribution in [0.4, 0.5) is 5.69 Å². The zero-order valence-corrected chi connectivity index (χ0v) is 10.7. The molecule has 0 unspecified atom stereocenters. The van der Waals surface area contributed by atoms with Gasteiger partial charge in [-0.15, -0.1) is 11.3 Å². The van der Waals surface area contributed by atoms with Crippen LogP contribution in [-0.2, 0) is 0 Å². The topological polar surface area (TPSA) is 48.1 Å². The van der Waals surface area contributed by atoms with E-state index in [1.54, 1.807) is 18.4 Å². The summed E-state index contributed by atoms with van der Waals surface area (Å²) in [4.78, 5) is 5.40. The first-order valence-corrected chi connectivity index (χ1v) is 6.43. The van der Waals surface area contributed by atoms with Gasteiger partial charge in [0.1, 0.15) is 10.6 Å². The van der Waals surface area contributed by atoms with Gasteiger partial charge in [-0.3, -0.25) is 0 Å². The van der Waals surface area contributed by atoms with Gasteiger partial charge >= 0.3 is 0 Å². The molecule has 18 heavy (non-hydrogen) atoms. The predicted molar refractivity (Wildman–Crippen MR) is 76.0 cm³/mol. The van der Waals surface area contributed by atoms with Crippen LogP contribution < -0.4 is 10.5 Å². The number of thiophene rings is 1. The van der Waals surface area contributed by atoms with Gasteiger partial charge in [0.2, 0.25) is 0 Å². The van der Waals surface area contributed by atoms with E-state index in [1.165, 1.54) is 0 Å². The highest BCUT2D eigenvalue weighted by Crippen LogP contribution is 2.30. The zero-order valence-electron chi connectivity index (χ0n) is 9.88. The number of rotatable bonds is 2. The molecule has 0 atom stereocenters. The first-order valence-electron chi connectivity index (χ1n) is 5.55. The molecule has 4 heteroatoms. The standard InChI is InChI=1S/C14H12N2OS/c1-17-11-4-2-9(3-5-11)10-6-12-13(15)8-18-14(12)16-7-10/h2-8H,15H2,1H3. The van der Waals surface area contributed by atoms with Gasteiger partial charge in [0.25, 0.3) is 0 Å². The van der Waals surface area contributed by atoms with Gasteiger partial charge < -0.3 is 10.5 Å². The molecule has 0 aliphatic rings. The van der Waals surface area contributed by atoms with Crippen LogP contribution >= 0.6 is 11.3 Å². The molecule has 0 radical (unpaired) electrons. The molecule has 0 spiro atoms. The van der Waals surface area contributed by atoms with E-state index in [-0.39, 0.29) is 0 Å². The van der Waals surface area contributed by atoms with Crippen LogP contribution in [0.15, 0.2) is 41.9 Å². The number of methoxy groups -OCH3 is 1. The molecule has 90 valence electrons. The molecule has 0 amide bonds. The highest BCUT2D eigenvalue weighted by molar-refractivity contribution is 7.17. The molecular formula is C14H12N2OS. The van der Waals surface area contributed by atoms with Crippen molar-refractivity contribution in [2.45, 2.75) is 0 Å². The van der Waals surface area contributed by atoms with Crippen LogP contribution in [0.25, 0.3) is 21.3 Å². The Kier molecular flexibility index (Phi) is 2.64. The maximum Gasteiger partial charge on any atom is 0.125 e. The Morgan fingerprint density at radius 3 is 2.67 bits per heavy atom. The Balaban J connectivity index is 2.09. The normalized spacial score (nSPS) is 10.7. The van der Waals surface area contributed by atoms with Crippen molar-refractivity contribution < 1.29 is 4.74 Å². The number of hydrogen-bond donors (Lipinski definition) is 1. The maximum absolute atomic E-state index is 5.92. The summed E-state index contributed by atoms with van der Waals surface area (Å²) in [5.41, 5.74) is 8.88. The van der Waals surface area contributed by atoms with Gasteiger partial charge in [-0.05, 0) is 23.8 Å². The van der Waals surface area contributed by atoms with E-state index in [1.807, 2.05) is 35.8 Å². The van der Waals surface area contributed by atoms with Crippen molar-refractivity contribution >= 4 is 27.2 Å². The van der Waals surface area contributed by atoms with Crippen molar-refractivity contribution in [2.24, 2.45) is 0 Å². The van der Waals surface area contributed by atoms with Gasteiger partial charge in [-0.2, -0.15) is 0 Å². The smallest absolute Gasteiger partial charge is 0.125 e.